The highest BCUT2D eigenvalue weighted by molar-refractivity contribution is 5.78. The van der Waals surface area contributed by atoms with Crippen molar-refractivity contribution >= 4 is 5.96 Å². The number of rotatable bonds is 7. The van der Waals surface area contributed by atoms with E-state index in [-0.39, 0.29) is 0 Å². The minimum absolute atomic E-state index is 0.434. The van der Waals surface area contributed by atoms with Crippen LogP contribution in [0.3, 0.4) is 0 Å². The van der Waals surface area contributed by atoms with E-state index in [1.807, 2.05) is 31.6 Å². The molecule has 1 aromatic heterocycles. The van der Waals surface area contributed by atoms with Gasteiger partial charge in [0.05, 0.1) is 12.9 Å². The van der Waals surface area contributed by atoms with Crippen molar-refractivity contribution in [2.75, 3.05) is 6.54 Å². The van der Waals surface area contributed by atoms with Crippen molar-refractivity contribution in [1.82, 2.24) is 14.9 Å². The highest BCUT2D eigenvalue weighted by Gasteiger charge is 2.05. The third-order valence-corrected chi connectivity index (χ3v) is 4.20. The summed E-state index contributed by atoms with van der Waals surface area (Å²) in [7, 11) is 0. The Morgan fingerprint density at radius 2 is 1.96 bits per heavy atom. The Kier molecular flexibility index (Phi) is 6.05. The Hall–Kier alpha value is -3.34. The van der Waals surface area contributed by atoms with Gasteiger partial charge in [0, 0.05) is 25.5 Å². The molecule has 0 bridgehead atoms. The van der Waals surface area contributed by atoms with Gasteiger partial charge in [0.1, 0.15) is 0 Å². The van der Waals surface area contributed by atoms with E-state index in [9.17, 15) is 0 Å². The lowest BCUT2D eigenvalue weighted by atomic mass is 9.98. The van der Waals surface area contributed by atoms with Gasteiger partial charge in [-0.1, -0.05) is 60.7 Å². The molecule has 5 nitrogen and oxygen atoms in total. The average Bonchev–Trinajstić information content (AvgIpc) is 3.18. The Bertz CT molecular complexity index is 908. The fraction of sp³-hybridized carbons (Fsp3) is 0.182. The predicted molar refractivity (Wildman–Crippen MR) is 111 cm³/mol. The average molecular weight is 359 g/mol. The van der Waals surface area contributed by atoms with Gasteiger partial charge >= 0.3 is 0 Å². The Labute approximate surface area is 160 Å². The highest BCUT2D eigenvalue weighted by atomic mass is 15.1. The third kappa shape index (κ3) is 5.31. The van der Waals surface area contributed by atoms with Gasteiger partial charge in [-0.2, -0.15) is 0 Å². The summed E-state index contributed by atoms with van der Waals surface area (Å²) in [5.41, 5.74) is 11.7. The van der Waals surface area contributed by atoms with Crippen LogP contribution in [0.25, 0.3) is 11.1 Å². The van der Waals surface area contributed by atoms with Crippen LogP contribution in [0.4, 0.5) is 0 Å². The van der Waals surface area contributed by atoms with Crippen LogP contribution in [-0.4, -0.2) is 22.1 Å². The number of benzene rings is 2. The molecule has 3 N–H and O–H groups in total. The zero-order valence-electron chi connectivity index (χ0n) is 15.6. The van der Waals surface area contributed by atoms with E-state index < -0.39 is 0 Å². The van der Waals surface area contributed by atoms with Crippen LogP contribution in [0, 0.1) is 0 Å². The molecule has 0 radical (unpaired) electrons. The minimum Gasteiger partial charge on any atom is -0.370 e. The molecule has 0 aliphatic rings. The lowest BCUT2D eigenvalue weighted by molar-refractivity contribution is 0.797. The van der Waals surface area contributed by atoms with Crippen molar-refractivity contribution in [3.05, 3.63) is 90.5 Å². The summed E-state index contributed by atoms with van der Waals surface area (Å²) >= 11 is 0. The van der Waals surface area contributed by atoms with Crippen molar-refractivity contribution in [3.63, 3.8) is 0 Å². The summed E-state index contributed by atoms with van der Waals surface area (Å²) in [4.78, 5) is 8.53. The Morgan fingerprint density at radius 3 is 2.67 bits per heavy atom. The number of hydrogen-bond acceptors (Lipinski definition) is 2. The van der Waals surface area contributed by atoms with Crippen molar-refractivity contribution < 1.29 is 0 Å². The van der Waals surface area contributed by atoms with Crippen LogP contribution in [0.15, 0.2) is 84.4 Å². The molecule has 0 amide bonds. The summed E-state index contributed by atoms with van der Waals surface area (Å²) in [5.74, 6) is 0.434. The van der Waals surface area contributed by atoms with Crippen molar-refractivity contribution in [2.24, 2.45) is 10.7 Å². The standard InChI is InChI=1S/C22H25N5/c1-17(2)13-25-22(23)26-14-20-5-3-4-6-21(20)19-9-7-18(8-10-19)15-27-12-11-24-16-27/h3-12,16H,1,13-15H2,2H3,(H3,23,25,26). The quantitative estimate of drug-likeness (QED) is 0.385. The SMILES string of the molecule is C=C(C)CNC(N)=NCc1ccccc1-c1ccc(Cn2ccnc2)cc1. The smallest absolute Gasteiger partial charge is 0.189 e. The van der Waals surface area contributed by atoms with Gasteiger partial charge in [0.2, 0.25) is 0 Å². The molecule has 138 valence electrons. The molecule has 3 aromatic rings. The molecular weight excluding hydrogens is 334 g/mol. The fourth-order valence-electron chi connectivity index (χ4n) is 2.79. The second-order valence-electron chi connectivity index (χ2n) is 6.60. The lowest BCUT2D eigenvalue weighted by Gasteiger charge is -2.10. The number of guanidine groups is 1. The van der Waals surface area contributed by atoms with Crippen molar-refractivity contribution in [3.8, 4) is 11.1 Å². The van der Waals surface area contributed by atoms with Gasteiger partial charge in [-0.05, 0) is 29.2 Å². The number of aromatic nitrogens is 2. The monoisotopic (exact) mass is 359 g/mol. The number of nitrogens with two attached hydrogens (primary N) is 1. The van der Waals surface area contributed by atoms with E-state index in [2.05, 4.69) is 62.8 Å². The van der Waals surface area contributed by atoms with Gasteiger partial charge in [0.25, 0.3) is 0 Å². The topological polar surface area (TPSA) is 68.2 Å². The van der Waals surface area contributed by atoms with E-state index in [1.165, 1.54) is 16.7 Å². The first-order chi connectivity index (χ1) is 13.1. The van der Waals surface area contributed by atoms with Gasteiger partial charge in [0.15, 0.2) is 5.96 Å². The minimum atomic E-state index is 0.434. The number of nitrogens with zero attached hydrogens (tertiary/aromatic N) is 3. The van der Waals surface area contributed by atoms with Crippen LogP contribution in [-0.2, 0) is 13.1 Å². The zero-order valence-corrected chi connectivity index (χ0v) is 15.6. The summed E-state index contributed by atoms with van der Waals surface area (Å²) in [6, 6.07) is 16.9. The first-order valence-electron chi connectivity index (χ1n) is 8.93. The number of nitrogens with one attached hydrogen (secondary N) is 1. The molecule has 2 aromatic carbocycles. The molecule has 0 saturated heterocycles. The molecule has 0 aliphatic carbocycles. The largest absolute Gasteiger partial charge is 0.370 e. The van der Waals surface area contributed by atoms with E-state index in [0.29, 0.717) is 19.0 Å². The van der Waals surface area contributed by atoms with Crippen molar-refractivity contribution in [2.45, 2.75) is 20.0 Å². The van der Waals surface area contributed by atoms with Crippen molar-refractivity contribution in [1.29, 1.82) is 0 Å². The normalized spacial score (nSPS) is 11.4. The van der Waals surface area contributed by atoms with Crippen LogP contribution in [0.1, 0.15) is 18.1 Å². The number of hydrogen-bond donors (Lipinski definition) is 2. The first kappa shape index (κ1) is 18.5. The molecule has 0 fully saturated rings. The molecule has 0 saturated carbocycles. The maximum atomic E-state index is 5.93. The van der Waals surface area contributed by atoms with E-state index in [0.717, 1.165) is 17.7 Å². The second-order valence-corrected chi connectivity index (χ2v) is 6.60. The molecular formula is C22H25N5. The predicted octanol–water partition coefficient (Wildman–Crippen LogP) is 3.58. The van der Waals surface area contributed by atoms with E-state index in [1.54, 1.807) is 6.20 Å². The molecule has 27 heavy (non-hydrogen) atoms. The van der Waals surface area contributed by atoms with Crippen LogP contribution >= 0.6 is 0 Å². The molecule has 3 rings (SSSR count). The van der Waals surface area contributed by atoms with E-state index in [4.69, 9.17) is 5.73 Å². The maximum absolute atomic E-state index is 5.93. The zero-order chi connectivity index (χ0) is 19.1. The van der Waals surface area contributed by atoms with Crippen LogP contribution in [0.2, 0.25) is 0 Å². The van der Waals surface area contributed by atoms with Gasteiger partial charge in [-0.3, -0.25) is 0 Å². The molecule has 0 spiro atoms. The second kappa shape index (κ2) is 8.85. The molecule has 0 aliphatic heterocycles. The molecule has 1 heterocycles. The molecule has 0 unspecified atom stereocenters. The maximum Gasteiger partial charge on any atom is 0.189 e. The summed E-state index contributed by atoms with van der Waals surface area (Å²) in [5, 5.41) is 3.06. The highest BCUT2D eigenvalue weighted by Crippen LogP contribution is 2.25. The molecule has 0 atom stereocenters. The Morgan fingerprint density at radius 1 is 1.19 bits per heavy atom. The van der Waals surface area contributed by atoms with E-state index >= 15 is 0 Å². The van der Waals surface area contributed by atoms with Gasteiger partial charge in [-0.15, -0.1) is 0 Å². The summed E-state index contributed by atoms with van der Waals surface area (Å²) < 4.78 is 2.05. The fourth-order valence-corrected chi connectivity index (χ4v) is 2.79. The number of imidazole rings is 1. The van der Waals surface area contributed by atoms with Crippen LogP contribution in [0.5, 0.6) is 0 Å². The third-order valence-electron chi connectivity index (χ3n) is 4.20. The Balaban J connectivity index is 1.73. The first-order valence-corrected chi connectivity index (χ1v) is 8.93. The van der Waals surface area contributed by atoms with Crippen LogP contribution < -0.4 is 11.1 Å². The summed E-state index contributed by atoms with van der Waals surface area (Å²) in [6.07, 6.45) is 5.59. The lowest BCUT2D eigenvalue weighted by Crippen LogP contribution is -2.32. The van der Waals surface area contributed by atoms with Gasteiger partial charge in [-0.25, -0.2) is 9.98 Å². The summed E-state index contributed by atoms with van der Waals surface area (Å²) in [6.45, 7) is 7.78. The number of aliphatic imine (C=N–C) groups is 1. The van der Waals surface area contributed by atoms with Gasteiger partial charge < -0.3 is 15.6 Å². The molecule has 5 heteroatoms.